The molecule has 0 aromatic heterocycles. The van der Waals surface area contributed by atoms with Gasteiger partial charge in [-0.1, -0.05) is 32.0 Å². The lowest BCUT2D eigenvalue weighted by Crippen LogP contribution is -2.05. The highest BCUT2D eigenvalue weighted by molar-refractivity contribution is 6.29. The molecule has 13 heavy (non-hydrogen) atoms. The van der Waals surface area contributed by atoms with E-state index in [1.165, 1.54) is 0 Å². The second-order valence-electron chi connectivity index (χ2n) is 3.89. The van der Waals surface area contributed by atoms with Gasteiger partial charge in [0.15, 0.2) is 0 Å². The van der Waals surface area contributed by atoms with Crippen LogP contribution in [0.15, 0.2) is 11.6 Å². The minimum absolute atomic E-state index is 0.222. The summed E-state index contributed by atoms with van der Waals surface area (Å²) in [6.07, 6.45) is -0.236. The Bertz CT molecular complexity index is 247. The molecule has 3 nitrogen and oxygen atoms in total. The van der Waals surface area contributed by atoms with Crippen molar-refractivity contribution in [1.82, 2.24) is 0 Å². The van der Waals surface area contributed by atoms with E-state index in [4.69, 9.17) is 21.4 Å². The molecule has 4 heteroatoms. The lowest BCUT2D eigenvalue weighted by molar-refractivity contribution is -0.140. The van der Waals surface area contributed by atoms with Crippen LogP contribution in [-0.4, -0.2) is 23.8 Å². The molecule has 1 aliphatic carbocycles. The van der Waals surface area contributed by atoms with Crippen molar-refractivity contribution < 1.29 is 14.6 Å². The number of hydrogen-bond acceptors (Lipinski definition) is 2. The summed E-state index contributed by atoms with van der Waals surface area (Å²) < 4.78 is 5.29. The Morgan fingerprint density at radius 3 is 2.54 bits per heavy atom. The molecule has 0 spiro atoms. The van der Waals surface area contributed by atoms with Crippen LogP contribution in [0, 0.1) is 11.3 Å². The summed E-state index contributed by atoms with van der Waals surface area (Å²) in [6, 6.07) is 0. The Hall–Kier alpha value is -0.540. The van der Waals surface area contributed by atoms with Crippen LogP contribution in [0.4, 0.5) is 0 Å². The first-order valence-corrected chi connectivity index (χ1v) is 4.43. The number of aliphatic carboxylic acids is 1. The molecule has 0 aromatic rings. The van der Waals surface area contributed by atoms with E-state index in [9.17, 15) is 4.79 Å². The van der Waals surface area contributed by atoms with Crippen molar-refractivity contribution in [2.45, 2.75) is 20.0 Å². The van der Waals surface area contributed by atoms with E-state index in [0.717, 1.165) is 0 Å². The summed E-state index contributed by atoms with van der Waals surface area (Å²) >= 11 is 5.50. The molecule has 0 aromatic carbocycles. The zero-order valence-electron chi connectivity index (χ0n) is 7.71. The van der Waals surface area contributed by atoms with Gasteiger partial charge in [0.25, 0.3) is 0 Å². The van der Waals surface area contributed by atoms with Gasteiger partial charge in [-0.05, 0) is 0 Å². The van der Waals surface area contributed by atoms with Crippen molar-refractivity contribution in [2.24, 2.45) is 11.3 Å². The summed E-state index contributed by atoms with van der Waals surface area (Å²) in [5.41, 5.74) is -0.280. The molecular formula is C9H13ClO3. The maximum Gasteiger partial charge on any atom is 0.309 e. The zero-order valence-corrected chi connectivity index (χ0v) is 8.47. The molecular weight excluding hydrogens is 192 g/mol. The van der Waals surface area contributed by atoms with Crippen LogP contribution in [-0.2, 0) is 9.53 Å². The lowest BCUT2D eigenvalue weighted by Gasteiger charge is -2.02. The van der Waals surface area contributed by atoms with Crippen LogP contribution in [0.5, 0.6) is 0 Å². The van der Waals surface area contributed by atoms with Crippen LogP contribution < -0.4 is 0 Å². The Labute approximate surface area is 82.3 Å². The summed E-state index contributed by atoms with van der Waals surface area (Å²) in [5, 5.41) is 9.18. The van der Waals surface area contributed by atoms with Crippen molar-refractivity contribution in [1.29, 1.82) is 0 Å². The summed E-state index contributed by atoms with van der Waals surface area (Å²) in [4.78, 5) is 10.7. The molecule has 1 aliphatic rings. The lowest BCUT2D eigenvalue weighted by atomic mass is 10.1. The third-order valence-corrected chi connectivity index (χ3v) is 2.52. The monoisotopic (exact) mass is 204 g/mol. The molecule has 0 saturated heterocycles. The molecule has 0 radical (unpaired) electrons. The quantitative estimate of drug-likeness (QED) is 0.761. The van der Waals surface area contributed by atoms with Gasteiger partial charge in [-0.25, -0.2) is 0 Å². The first-order chi connectivity index (χ1) is 5.87. The number of rotatable bonds is 4. The summed E-state index contributed by atoms with van der Waals surface area (Å²) in [7, 11) is 0. The van der Waals surface area contributed by atoms with Gasteiger partial charge < -0.3 is 9.84 Å². The van der Waals surface area contributed by atoms with Crippen molar-refractivity contribution in [3.63, 3.8) is 0 Å². The normalized spacial score (nSPS) is 29.8. The van der Waals surface area contributed by atoms with Gasteiger partial charge in [-0.15, -0.1) is 0 Å². The fourth-order valence-corrected chi connectivity index (χ4v) is 1.59. The zero-order chi connectivity index (χ0) is 10.2. The Morgan fingerprint density at radius 1 is 1.69 bits per heavy atom. The number of carbonyl (C=O) groups is 1. The number of halogens is 1. The van der Waals surface area contributed by atoms with Gasteiger partial charge in [0.05, 0.1) is 18.6 Å². The summed E-state index contributed by atoms with van der Waals surface area (Å²) in [5.74, 6) is -1.22. The number of ether oxygens (including phenoxy) is 1. The number of hydrogen-bond donors (Lipinski definition) is 1. The predicted molar refractivity (Wildman–Crippen MR) is 49.6 cm³/mol. The van der Waals surface area contributed by atoms with Crippen LogP contribution in [0.1, 0.15) is 13.8 Å². The van der Waals surface area contributed by atoms with Gasteiger partial charge in [-0.3, -0.25) is 4.79 Å². The van der Waals surface area contributed by atoms with Crippen molar-refractivity contribution in [3.05, 3.63) is 11.6 Å². The van der Waals surface area contributed by atoms with Crippen LogP contribution in [0.2, 0.25) is 0 Å². The first-order valence-electron chi connectivity index (χ1n) is 4.05. The van der Waals surface area contributed by atoms with Crippen LogP contribution >= 0.6 is 11.6 Å². The fraction of sp³-hybridized carbons (Fsp3) is 0.667. The van der Waals surface area contributed by atoms with Crippen LogP contribution in [0.25, 0.3) is 0 Å². The minimum Gasteiger partial charge on any atom is -0.481 e. The molecule has 0 amide bonds. The van der Waals surface area contributed by atoms with Gasteiger partial charge in [0, 0.05) is 10.4 Å². The van der Waals surface area contributed by atoms with Crippen LogP contribution in [0.3, 0.4) is 0 Å². The van der Waals surface area contributed by atoms with E-state index in [1.807, 2.05) is 13.8 Å². The average molecular weight is 205 g/mol. The van der Waals surface area contributed by atoms with Crippen molar-refractivity contribution in [2.75, 3.05) is 6.61 Å². The maximum atomic E-state index is 10.7. The van der Waals surface area contributed by atoms with Gasteiger partial charge >= 0.3 is 5.97 Å². The standard InChI is InChI=1S/C9H13ClO3/c1-5(10)4-13-7-6(8(11)12)9(7,2)3/h6-7H,1,4H2,2-3H3,(H,11,12). The molecule has 1 fully saturated rings. The molecule has 74 valence electrons. The number of carboxylic acids is 1. The average Bonchev–Trinajstić information content (AvgIpc) is 2.48. The molecule has 2 atom stereocenters. The molecule has 1 N–H and O–H groups in total. The van der Waals surface area contributed by atoms with Crippen molar-refractivity contribution >= 4 is 17.6 Å². The van der Waals surface area contributed by atoms with Gasteiger partial charge in [0.1, 0.15) is 0 Å². The third-order valence-electron chi connectivity index (χ3n) is 2.41. The highest BCUT2D eigenvalue weighted by atomic mass is 35.5. The molecule has 0 bridgehead atoms. The molecule has 0 heterocycles. The molecule has 0 aliphatic heterocycles. The third kappa shape index (κ3) is 2.03. The van der Waals surface area contributed by atoms with Crippen molar-refractivity contribution in [3.8, 4) is 0 Å². The van der Waals surface area contributed by atoms with E-state index in [1.54, 1.807) is 0 Å². The Kier molecular flexibility index (Phi) is 2.68. The highest BCUT2D eigenvalue weighted by Gasteiger charge is 2.63. The van der Waals surface area contributed by atoms with E-state index in [0.29, 0.717) is 5.03 Å². The minimum atomic E-state index is -0.810. The molecule has 1 saturated carbocycles. The van der Waals surface area contributed by atoms with E-state index in [2.05, 4.69) is 6.58 Å². The van der Waals surface area contributed by atoms with E-state index in [-0.39, 0.29) is 18.1 Å². The largest absolute Gasteiger partial charge is 0.481 e. The fourth-order valence-electron chi connectivity index (χ4n) is 1.53. The van der Waals surface area contributed by atoms with Gasteiger partial charge in [0.2, 0.25) is 0 Å². The second-order valence-corrected chi connectivity index (χ2v) is 4.42. The van der Waals surface area contributed by atoms with E-state index >= 15 is 0 Å². The second kappa shape index (κ2) is 3.31. The first kappa shape index (κ1) is 10.5. The topological polar surface area (TPSA) is 46.5 Å². The predicted octanol–water partition coefficient (Wildman–Crippen LogP) is 1.86. The maximum absolute atomic E-state index is 10.7. The highest BCUT2D eigenvalue weighted by Crippen LogP contribution is 2.54. The smallest absolute Gasteiger partial charge is 0.309 e. The Balaban J connectivity index is 2.46. The SMILES string of the molecule is C=C(Cl)COC1C(C(=O)O)C1(C)C. The van der Waals surface area contributed by atoms with Gasteiger partial charge in [-0.2, -0.15) is 0 Å². The summed E-state index contributed by atoms with van der Waals surface area (Å²) in [6.45, 7) is 7.42. The molecule has 1 rings (SSSR count). The van der Waals surface area contributed by atoms with E-state index < -0.39 is 11.9 Å². The number of carboxylic acid groups (broad SMARTS) is 1. The Morgan fingerprint density at radius 2 is 2.23 bits per heavy atom. The molecule has 2 unspecified atom stereocenters.